The lowest BCUT2D eigenvalue weighted by atomic mass is 10.1. The molecule has 130 valence electrons. The first-order valence-corrected chi connectivity index (χ1v) is 9.43. The fraction of sp³-hybridized carbons (Fsp3) is 0.389. The maximum absolute atomic E-state index is 5.82. The second-order valence-electron chi connectivity index (χ2n) is 6.21. The molecule has 1 N–H and O–H groups in total. The van der Waals surface area contributed by atoms with Gasteiger partial charge in [0.25, 0.3) is 0 Å². The van der Waals surface area contributed by atoms with E-state index in [-0.39, 0.29) is 0 Å². The number of nitrogens with zero attached hydrogens (tertiary/aromatic N) is 4. The Balaban J connectivity index is 1.38. The summed E-state index contributed by atoms with van der Waals surface area (Å²) >= 11 is 1.64. The molecule has 0 spiro atoms. The Labute approximate surface area is 150 Å². The number of aromatic nitrogens is 3. The maximum atomic E-state index is 5.82. The molecule has 0 saturated carbocycles. The monoisotopic (exact) mass is 355 g/mol. The zero-order valence-corrected chi connectivity index (χ0v) is 15.0. The summed E-state index contributed by atoms with van der Waals surface area (Å²) in [5.41, 5.74) is 0.983. The Morgan fingerprint density at radius 3 is 3.00 bits per heavy atom. The van der Waals surface area contributed by atoms with Crippen LogP contribution in [0.5, 0.6) is 0 Å². The first kappa shape index (κ1) is 16.2. The van der Waals surface area contributed by atoms with E-state index >= 15 is 0 Å². The first-order valence-electron chi connectivity index (χ1n) is 8.55. The van der Waals surface area contributed by atoms with Gasteiger partial charge in [-0.2, -0.15) is 0 Å². The molecule has 6 nitrogen and oxygen atoms in total. The first-order chi connectivity index (χ1) is 12.3. The highest BCUT2D eigenvalue weighted by Crippen LogP contribution is 2.26. The van der Waals surface area contributed by atoms with Crippen LogP contribution in [0.1, 0.15) is 24.3 Å². The molecule has 1 aliphatic rings. The number of oxazole rings is 1. The molecule has 3 aromatic heterocycles. The molecule has 4 heterocycles. The predicted octanol–water partition coefficient (Wildman–Crippen LogP) is 3.26. The maximum Gasteiger partial charge on any atom is 0.236 e. The Kier molecular flexibility index (Phi) is 4.76. The van der Waals surface area contributed by atoms with Crippen molar-refractivity contribution in [2.75, 3.05) is 18.0 Å². The molecule has 0 aromatic carbocycles. The van der Waals surface area contributed by atoms with E-state index in [1.54, 1.807) is 23.7 Å². The minimum Gasteiger partial charge on any atom is -0.440 e. The summed E-state index contributed by atoms with van der Waals surface area (Å²) in [6.45, 7) is 4.62. The lowest BCUT2D eigenvalue weighted by molar-refractivity contribution is 0.415. The van der Waals surface area contributed by atoms with Crippen molar-refractivity contribution in [2.24, 2.45) is 0 Å². The minimum atomic E-state index is 0.402. The number of thiophene rings is 1. The highest BCUT2D eigenvalue weighted by molar-refractivity contribution is 7.13. The molecule has 1 aliphatic heterocycles. The van der Waals surface area contributed by atoms with Gasteiger partial charge in [-0.15, -0.1) is 11.3 Å². The topological polar surface area (TPSA) is 67.1 Å². The van der Waals surface area contributed by atoms with Crippen molar-refractivity contribution >= 4 is 17.3 Å². The second kappa shape index (κ2) is 7.33. The second-order valence-corrected chi connectivity index (χ2v) is 7.16. The summed E-state index contributed by atoms with van der Waals surface area (Å²) in [4.78, 5) is 16.7. The van der Waals surface area contributed by atoms with Crippen molar-refractivity contribution in [3.05, 3.63) is 47.4 Å². The Hall–Kier alpha value is -2.25. The van der Waals surface area contributed by atoms with Gasteiger partial charge in [-0.3, -0.25) is 0 Å². The molecular formula is C18H21N5OS. The Morgan fingerprint density at radius 1 is 1.32 bits per heavy atom. The smallest absolute Gasteiger partial charge is 0.236 e. The summed E-state index contributed by atoms with van der Waals surface area (Å²) in [6.07, 6.45) is 5.88. The lowest BCUT2D eigenvalue weighted by Gasteiger charge is -2.33. The number of anilines is 1. The SMILES string of the molecule is Cc1oc(-c2cccs2)nc1CNC1CCCN(c2ncccn2)C1. The number of hydrogen-bond acceptors (Lipinski definition) is 7. The van der Waals surface area contributed by atoms with Gasteiger partial charge >= 0.3 is 0 Å². The van der Waals surface area contributed by atoms with Crippen molar-refractivity contribution in [1.29, 1.82) is 0 Å². The van der Waals surface area contributed by atoms with Crippen LogP contribution in [0.2, 0.25) is 0 Å². The molecular weight excluding hydrogens is 334 g/mol. The molecule has 3 aromatic rings. The Morgan fingerprint density at radius 2 is 2.20 bits per heavy atom. The van der Waals surface area contributed by atoms with Gasteiger partial charge in [0.15, 0.2) is 0 Å². The van der Waals surface area contributed by atoms with Crippen molar-refractivity contribution in [3.63, 3.8) is 0 Å². The largest absolute Gasteiger partial charge is 0.440 e. The molecule has 1 atom stereocenters. The van der Waals surface area contributed by atoms with Crippen LogP contribution in [0, 0.1) is 6.92 Å². The van der Waals surface area contributed by atoms with E-state index in [0.717, 1.165) is 54.8 Å². The van der Waals surface area contributed by atoms with Crippen LogP contribution in [0.4, 0.5) is 5.95 Å². The molecule has 7 heteroatoms. The summed E-state index contributed by atoms with van der Waals surface area (Å²) in [7, 11) is 0. The van der Waals surface area contributed by atoms with E-state index in [0.29, 0.717) is 11.9 Å². The number of aryl methyl sites for hydroxylation is 1. The number of nitrogens with one attached hydrogen (secondary N) is 1. The Bertz CT molecular complexity index is 802. The molecule has 0 radical (unpaired) electrons. The normalized spacial score (nSPS) is 17.8. The van der Waals surface area contributed by atoms with Crippen LogP contribution in [-0.2, 0) is 6.54 Å². The van der Waals surface area contributed by atoms with Gasteiger partial charge in [0.05, 0.1) is 10.6 Å². The van der Waals surface area contributed by atoms with Gasteiger partial charge in [0.2, 0.25) is 11.8 Å². The summed E-state index contributed by atoms with van der Waals surface area (Å²) in [5, 5.41) is 5.66. The molecule has 0 bridgehead atoms. The summed E-state index contributed by atoms with van der Waals surface area (Å²) in [5.74, 6) is 2.41. The molecule has 25 heavy (non-hydrogen) atoms. The van der Waals surface area contributed by atoms with Crippen molar-refractivity contribution in [2.45, 2.75) is 32.4 Å². The van der Waals surface area contributed by atoms with Crippen molar-refractivity contribution in [3.8, 4) is 10.8 Å². The van der Waals surface area contributed by atoms with E-state index in [1.165, 1.54) is 0 Å². The van der Waals surface area contributed by atoms with Crippen molar-refractivity contribution < 1.29 is 4.42 Å². The molecule has 0 aliphatic carbocycles. The van der Waals surface area contributed by atoms with Crippen LogP contribution in [0.15, 0.2) is 40.4 Å². The molecule has 4 rings (SSSR count). The average molecular weight is 355 g/mol. The quantitative estimate of drug-likeness (QED) is 0.758. The zero-order chi connectivity index (χ0) is 17.1. The van der Waals surface area contributed by atoms with Gasteiger partial charge in [-0.05, 0) is 37.3 Å². The average Bonchev–Trinajstić information content (AvgIpc) is 3.31. The highest BCUT2D eigenvalue weighted by Gasteiger charge is 2.22. The fourth-order valence-electron chi connectivity index (χ4n) is 3.12. The van der Waals surface area contributed by atoms with Crippen LogP contribution < -0.4 is 10.2 Å². The molecule has 1 unspecified atom stereocenters. The number of rotatable bonds is 5. The molecule has 0 amide bonds. The fourth-order valence-corrected chi connectivity index (χ4v) is 3.77. The van der Waals surface area contributed by atoms with E-state index in [2.05, 4.69) is 25.2 Å². The standard InChI is InChI=1S/C18H21N5OS/c1-13-15(22-17(24-13)16-6-3-10-25-16)11-21-14-5-2-9-23(12-14)18-19-7-4-8-20-18/h3-4,6-8,10,14,21H,2,5,9,11-12H2,1H3. The lowest BCUT2D eigenvalue weighted by Crippen LogP contribution is -2.46. The van der Waals surface area contributed by atoms with E-state index in [1.807, 2.05) is 30.5 Å². The van der Waals surface area contributed by atoms with Gasteiger partial charge in [0, 0.05) is 38.1 Å². The zero-order valence-electron chi connectivity index (χ0n) is 14.2. The van der Waals surface area contributed by atoms with Crippen LogP contribution in [-0.4, -0.2) is 34.1 Å². The van der Waals surface area contributed by atoms with Gasteiger partial charge in [0.1, 0.15) is 5.76 Å². The van der Waals surface area contributed by atoms with Crippen molar-refractivity contribution in [1.82, 2.24) is 20.3 Å². The van der Waals surface area contributed by atoms with Crippen LogP contribution in [0.25, 0.3) is 10.8 Å². The third-order valence-corrected chi connectivity index (χ3v) is 5.30. The molecule has 1 saturated heterocycles. The predicted molar refractivity (Wildman–Crippen MR) is 98.7 cm³/mol. The third-order valence-electron chi connectivity index (χ3n) is 4.44. The van der Waals surface area contributed by atoms with E-state index in [9.17, 15) is 0 Å². The van der Waals surface area contributed by atoms with Crippen LogP contribution >= 0.6 is 11.3 Å². The summed E-state index contributed by atoms with van der Waals surface area (Å²) < 4.78 is 5.82. The van der Waals surface area contributed by atoms with Gasteiger partial charge in [-0.25, -0.2) is 15.0 Å². The number of piperidine rings is 1. The third kappa shape index (κ3) is 3.72. The van der Waals surface area contributed by atoms with E-state index < -0.39 is 0 Å². The van der Waals surface area contributed by atoms with Gasteiger partial charge < -0.3 is 14.6 Å². The number of hydrogen-bond donors (Lipinski definition) is 1. The highest BCUT2D eigenvalue weighted by atomic mass is 32.1. The van der Waals surface area contributed by atoms with Crippen LogP contribution in [0.3, 0.4) is 0 Å². The van der Waals surface area contributed by atoms with E-state index in [4.69, 9.17) is 4.42 Å². The molecule has 1 fully saturated rings. The summed E-state index contributed by atoms with van der Waals surface area (Å²) in [6, 6.07) is 6.30. The van der Waals surface area contributed by atoms with Gasteiger partial charge in [-0.1, -0.05) is 6.07 Å². The minimum absolute atomic E-state index is 0.402.